The summed E-state index contributed by atoms with van der Waals surface area (Å²) in [7, 11) is 4.76. The Morgan fingerprint density at radius 3 is 1.64 bits per heavy atom. The van der Waals surface area contributed by atoms with E-state index in [4.69, 9.17) is 6.57 Å². The van der Waals surface area contributed by atoms with Gasteiger partial charge in [0.1, 0.15) is 0 Å². The van der Waals surface area contributed by atoms with Crippen molar-refractivity contribution >= 4 is 65.2 Å². The van der Waals surface area contributed by atoms with Crippen molar-refractivity contribution in [3.8, 4) is 61.7 Å². The van der Waals surface area contributed by atoms with Gasteiger partial charge in [0.25, 0.3) is 0 Å². The highest BCUT2D eigenvalue weighted by Gasteiger charge is 2.37. The molecule has 2 aliphatic rings. The van der Waals surface area contributed by atoms with E-state index in [9.17, 15) is 5.26 Å². The van der Waals surface area contributed by atoms with E-state index in [1.165, 1.54) is 77.3 Å². The summed E-state index contributed by atoms with van der Waals surface area (Å²) >= 11 is 0. The molecule has 5 heteroatoms. The first-order chi connectivity index (χ1) is 27.2. The van der Waals surface area contributed by atoms with Crippen LogP contribution in [0.2, 0.25) is 0 Å². The molecular weight excluding hydrogens is 661 g/mol. The Balaban J connectivity index is 1.25. The van der Waals surface area contributed by atoms with Crippen LogP contribution in [0.4, 0.5) is 5.69 Å². The highest BCUT2D eigenvalue weighted by Crippen LogP contribution is 2.34. The van der Waals surface area contributed by atoms with Crippen molar-refractivity contribution in [1.29, 1.82) is 5.26 Å². The van der Waals surface area contributed by atoms with Gasteiger partial charge in [-0.3, -0.25) is 0 Å². The molecule has 0 saturated heterocycles. The van der Waals surface area contributed by atoms with E-state index < -0.39 is 0 Å². The lowest BCUT2D eigenvalue weighted by molar-refractivity contribution is 1.49. The normalized spacial score (nSPS) is 11.9. The van der Waals surface area contributed by atoms with Gasteiger partial charge in [-0.2, -0.15) is 5.26 Å². The van der Waals surface area contributed by atoms with Crippen LogP contribution in [-0.4, -0.2) is 21.3 Å². The second-order valence-electron chi connectivity index (χ2n) is 14.2. The molecule has 0 aromatic heterocycles. The van der Waals surface area contributed by atoms with Crippen LogP contribution in [0.25, 0.3) is 60.5 Å². The number of hydrogen-bond donors (Lipinski definition) is 0. The predicted octanol–water partition coefficient (Wildman–Crippen LogP) is 6.90. The van der Waals surface area contributed by atoms with Gasteiger partial charge in [0.05, 0.1) is 18.2 Å². The van der Waals surface area contributed by atoms with E-state index >= 15 is 0 Å². The smallest absolute Gasteiger partial charge is 0.237 e. The maximum Gasteiger partial charge on any atom is 0.239 e. The molecule has 8 aromatic rings. The molecule has 8 aromatic carbocycles. The number of benzene rings is 8. The molecule has 0 amide bonds. The van der Waals surface area contributed by atoms with Crippen LogP contribution in [0.3, 0.4) is 0 Å². The van der Waals surface area contributed by atoms with E-state index in [2.05, 4.69) is 183 Å². The molecule has 55 heavy (non-hydrogen) atoms. The zero-order valence-electron chi connectivity index (χ0n) is 29.9. The van der Waals surface area contributed by atoms with E-state index in [0.717, 1.165) is 16.6 Å². The molecule has 2 radical (unpaired) electrons. The lowest BCUT2D eigenvalue weighted by Crippen LogP contribution is -2.70. The molecule has 0 unspecified atom stereocenters. The third-order valence-corrected chi connectivity index (χ3v) is 11.2. The first-order valence-electron chi connectivity index (χ1n) is 18.5. The number of fused-ring (bicyclic) bond motifs is 5. The van der Waals surface area contributed by atoms with Gasteiger partial charge in [0.2, 0.25) is 12.4 Å². The van der Waals surface area contributed by atoms with Crippen molar-refractivity contribution in [1.82, 2.24) is 0 Å². The molecule has 0 fully saturated rings. The topological polar surface area (TPSA) is 28.1 Å². The Bertz CT molecular complexity index is 2890. The molecule has 2 heterocycles. The van der Waals surface area contributed by atoms with Crippen molar-refractivity contribution in [2.24, 2.45) is 0 Å². The van der Waals surface area contributed by atoms with E-state index in [0.29, 0.717) is 11.3 Å². The summed E-state index contributed by atoms with van der Waals surface area (Å²) in [5.41, 5.74) is 21.1. The number of hydrogen-bond acceptors (Lipinski definition) is 1. The van der Waals surface area contributed by atoms with Crippen LogP contribution in [0, 0.1) is 17.9 Å². The monoisotopic (exact) mass is 690 g/mol. The fourth-order valence-electron chi connectivity index (χ4n) is 8.71. The average molecular weight is 690 g/mol. The second-order valence-corrected chi connectivity index (χ2v) is 14.2. The molecule has 0 atom stereocenters. The van der Waals surface area contributed by atoms with E-state index in [1.807, 2.05) is 12.1 Å². The van der Waals surface area contributed by atoms with Crippen LogP contribution in [0.15, 0.2) is 176 Å². The number of nitrogens with zero attached hydrogens (tertiary/aromatic N) is 2. The van der Waals surface area contributed by atoms with Gasteiger partial charge in [-0.15, -0.1) is 0 Å². The van der Waals surface area contributed by atoms with Crippen molar-refractivity contribution in [3.63, 3.8) is 0 Å². The lowest BCUT2D eigenvalue weighted by Gasteiger charge is -2.32. The molecular formula is C50H29B3N2. The Morgan fingerprint density at radius 1 is 0.455 bits per heavy atom. The standard InChI is InChI=1S/C50H29B3N2/c1-55-46-30-36(21-22-37(46)31-54)35-23-26-43-42(29-35)52-49-44(27-24-38(32-13-5-2-6-14-32)47(49)34-17-9-4-10-18-34)53(43)45-28-25-39(33-15-7-3-8-16-33)48-40-19-11-12-20-41(40)51-50(45)48/h2-30H. The van der Waals surface area contributed by atoms with Gasteiger partial charge < -0.3 is 0 Å². The van der Waals surface area contributed by atoms with E-state index in [1.54, 1.807) is 6.07 Å². The SMILES string of the molecule is [C-]#[N+]c1cc(-c2ccc3c(c2)[B]c2c(ccc(-c4ccccc4)c2-c2ccccc2)B3c2ccc(-c3ccccc3)c3c2[B]c2ccccc2-3)ccc1C#N. The quantitative estimate of drug-likeness (QED) is 0.143. The van der Waals surface area contributed by atoms with Gasteiger partial charge >= 0.3 is 0 Å². The van der Waals surface area contributed by atoms with Gasteiger partial charge in [-0.1, -0.05) is 208 Å². The molecule has 0 spiro atoms. The van der Waals surface area contributed by atoms with Crippen LogP contribution in [-0.2, 0) is 0 Å². The maximum absolute atomic E-state index is 9.63. The molecule has 0 N–H and O–H groups in total. The lowest BCUT2D eigenvalue weighted by atomic mass is 9.26. The van der Waals surface area contributed by atoms with Crippen LogP contribution in [0.5, 0.6) is 0 Å². The van der Waals surface area contributed by atoms with E-state index in [-0.39, 0.29) is 6.71 Å². The minimum atomic E-state index is -0.0553. The number of nitriles is 1. The summed E-state index contributed by atoms with van der Waals surface area (Å²) in [5, 5.41) is 9.63. The fourth-order valence-corrected chi connectivity index (χ4v) is 8.71. The molecule has 2 aliphatic heterocycles. The third-order valence-electron chi connectivity index (χ3n) is 11.2. The molecule has 0 saturated carbocycles. The van der Waals surface area contributed by atoms with Crippen LogP contribution >= 0.6 is 0 Å². The fraction of sp³-hybridized carbons (Fsp3) is 0. The Morgan fingerprint density at radius 2 is 0.982 bits per heavy atom. The molecule has 10 rings (SSSR count). The molecule has 0 bridgehead atoms. The summed E-state index contributed by atoms with van der Waals surface area (Å²) in [6.45, 7) is 7.69. The Kier molecular flexibility index (Phi) is 7.94. The summed E-state index contributed by atoms with van der Waals surface area (Å²) in [5.74, 6) is 0. The van der Waals surface area contributed by atoms with Crippen molar-refractivity contribution in [2.45, 2.75) is 0 Å². The molecule has 248 valence electrons. The average Bonchev–Trinajstić information content (AvgIpc) is 3.65. The summed E-state index contributed by atoms with van der Waals surface area (Å²) < 4.78 is 0. The van der Waals surface area contributed by atoms with Gasteiger partial charge in [0.15, 0.2) is 14.6 Å². The zero-order valence-corrected chi connectivity index (χ0v) is 29.9. The number of rotatable bonds is 5. The highest BCUT2D eigenvalue weighted by molar-refractivity contribution is 7.06. The largest absolute Gasteiger partial charge is 0.239 e. The van der Waals surface area contributed by atoms with Crippen LogP contribution in [0.1, 0.15) is 5.56 Å². The highest BCUT2D eigenvalue weighted by atomic mass is 14.6. The molecule has 2 nitrogen and oxygen atoms in total. The molecule has 0 aliphatic carbocycles. The Labute approximate surface area is 323 Å². The minimum Gasteiger partial charge on any atom is -0.237 e. The van der Waals surface area contributed by atoms with Gasteiger partial charge in [0, 0.05) is 0 Å². The summed E-state index contributed by atoms with van der Waals surface area (Å²) in [6, 6.07) is 64.7. The van der Waals surface area contributed by atoms with Crippen molar-refractivity contribution in [3.05, 3.63) is 193 Å². The second kappa shape index (κ2) is 13.4. The first-order valence-corrected chi connectivity index (χ1v) is 18.5. The van der Waals surface area contributed by atoms with Gasteiger partial charge in [-0.25, -0.2) is 4.85 Å². The van der Waals surface area contributed by atoms with Crippen LogP contribution < -0.4 is 38.2 Å². The maximum atomic E-state index is 9.63. The summed E-state index contributed by atoms with van der Waals surface area (Å²) in [4.78, 5) is 3.68. The van der Waals surface area contributed by atoms with Gasteiger partial charge in [-0.05, 0) is 61.7 Å². The Hall–Kier alpha value is -7.07. The first kappa shape index (κ1) is 32.6. The summed E-state index contributed by atoms with van der Waals surface area (Å²) in [6.07, 6.45) is 0. The zero-order chi connectivity index (χ0) is 36.9. The predicted molar refractivity (Wildman–Crippen MR) is 232 cm³/mol. The van der Waals surface area contributed by atoms with Crippen molar-refractivity contribution in [2.75, 3.05) is 0 Å². The van der Waals surface area contributed by atoms with Crippen molar-refractivity contribution < 1.29 is 0 Å². The minimum absolute atomic E-state index is 0.0553. The third kappa shape index (κ3) is 5.44.